The minimum atomic E-state index is -0.132. The number of nitrogens with one attached hydrogen (secondary N) is 1. The van der Waals surface area contributed by atoms with Crippen LogP contribution in [0.1, 0.15) is 26.2 Å². The number of nitrogens with zero attached hydrogens (tertiary/aromatic N) is 2. The Balaban J connectivity index is 1.61. The van der Waals surface area contributed by atoms with Crippen LogP contribution in [0.2, 0.25) is 0 Å². The molecule has 0 spiro atoms. The van der Waals surface area contributed by atoms with Gasteiger partial charge in [-0.1, -0.05) is 15.9 Å². The van der Waals surface area contributed by atoms with Gasteiger partial charge in [-0.25, -0.2) is 4.98 Å². The minimum absolute atomic E-state index is 0.0562. The van der Waals surface area contributed by atoms with Gasteiger partial charge in [0.1, 0.15) is 0 Å². The number of rotatable bonds is 5. The number of hydrogen-bond acceptors (Lipinski definition) is 4. The normalized spacial score (nSPS) is 18.9. The van der Waals surface area contributed by atoms with Crippen molar-refractivity contribution < 1.29 is 9.53 Å². The predicted octanol–water partition coefficient (Wildman–Crippen LogP) is 2.48. The molecule has 0 aliphatic carbocycles. The molecule has 0 unspecified atom stereocenters. The van der Waals surface area contributed by atoms with E-state index in [0.29, 0.717) is 30.0 Å². The molecule has 1 saturated heterocycles. The van der Waals surface area contributed by atoms with E-state index < -0.39 is 0 Å². The number of aromatic nitrogens is 2. The second-order valence-electron chi connectivity index (χ2n) is 6.49. The van der Waals surface area contributed by atoms with Gasteiger partial charge in [0.15, 0.2) is 0 Å². The molecule has 0 saturated carbocycles. The zero-order chi connectivity index (χ0) is 17.8. The van der Waals surface area contributed by atoms with Crippen molar-refractivity contribution in [2.45, 2.75) is 38.8 Å². The summed E-state index contributed by atoms with van der Waals surface area (Å²) in [7, 11) is 0. The van der Waals surface area contributed by atoms with Crippen molar-refractivity contribution in [2.24, 2.45) is 5.92 Å². The van der Waals surface area contributed by atoms with Gasteiger partial charge in [-0.2, -0.15) is 0 Å². The molecule has 1 aliphatic heterocycles. The standard InChI is InChI=1S/C18H22BrN3O3/c1-12(13-3-2-8-25-10-13)21-17(23)6-7-22-11-20-16-5-4-14(19)9-15(16)18(22)24/h4-5,9,11-13H,2-3,6-8,10H2,1H3,(H,21,23)/t12-,13+/m0/s1. The number of carbonyl (C=O) groups is 1. The highest BCUT2D eigenvalue weighted by Gasteiger charge is 2.21. The molecule has 2 aromatic rings. The summed E-state index contributed by atoms with van der Waals surface area (Å²) in [6, 6.07) is 5.48. The fourth-order valence-electron chi connectivity index (χ4n) is 3.12. The number of aryl methyl sites for hydroxylation is 1. The highest BCUT2D eigenvalue weighted by atomic mass is 79.9. The Hall–Kier alpha value is -1.73. The third-order valence-corrected chi connectivity index (χ3v) is 5.15. The number of hydrogen-bond donors (Lipinski definition) is 1. The fourth-order valence-corrected chi connectivity index (χ4v) is 3.48. The Bertz CT molecular complexity index is 815. The summed E-state index contributed by atoms with van der Waals surface area (Å²) in [4.78, 5) is 29.0. The molecule has 1 amide bonds. The zero-order valence-electron chi connectivity index (χ0n) is 14.2. The summed E-state index contributed by atoms with van der Waals surface area (Å²) in [5, 5.41) is 3.57. The highest BCUT2D eigenvalue weighted by molar-refractivity contribution is 9.10. The maximum absolute atomic E-state index is 12.5. The topological polar surface area (TPSA) is 73.2 Å². The number of halogens is 1. The van der Waals surface area contributed by atoms with Crippen LogP contribution in [-0.4, -0.2) is 34.7 Å². The van der Waals surface area contributed by atoms with Gasteiger partial charge in [0.25, 0.3) is 5.56 Å². The molecule has 2 heterocycles. The molecule has 0 radical (unpaired) electrons. The number of carbonyl (C=O) groups excluding carboxylic acids is 1. The van der Waals surface area contributed by atoms with E-state index in [-0.39, 0.29) is 23.9 Å². The van der Waals surface area contributed by atoms with E-state index in [9.17, 15) is 9.59 Å². The van der Waals surface area contributed by atoms with Crippen LogP contribution in [0.5, 0.6) is 0 Å². The molecule has 1 fully saturated rings. The van der Waals surface area contributed by atoms with Gasteiger partial charge < -0.3 is 10.1 Å². The maximum Gasteiger partial charge on any atom is 0.261 e. The lowest BCUT2D eigenvalue weighted by Gasteiger charge is -2.28. The summed E-state index contributed by atoms with van der Waals surface area (Å²) in [5.74, 6) is 0.305. The largest absolute Gasteiger partial charge is 0.381 e. The van der Waals surface area contributed by atoms with Crippen LogP contribution in [-0.2, 0) is 16.1 Å². The number of amides is 1. The summed E-state index contributed by atoms with van der Waals surface area (Å²) in [6.07, 6.45) is 3.87. The first-order chi connectivity index (χ1) is 12.0. The number of benzene rings is 1. The molecule has 1 aliphatic rings. The second-order valence-corrected chi connectivity index (χ2v) is 7.40. The van der Waals surface area contributed by atoms with Crippen molar-refractivity contribution in [1.29, 1.82) is 0 Å². The average molecular weight is 408 g/mol. The van der Waals surface area contributed by atoms with Crippen LogP contribution in [0.4, 0.5) is 0 Å². The van der Waals surface area contributed by atoms with Gasteiger partial charge in [0, 0.05) is 36.0 Å². The van der Waals surface area contributed by atoms with Gasteiger partial charge in [-0.15, -0.1) is 0 Å². The molecule has 0 bridgehead atoms. The Morgan fingerprint density at radius 3 is 3.12 bits per heavy atom. The van der Waals surface area contributed by atoms with Crippen LogP contribution in [0.3, 0.4) is 0 Å². The van der Waals surface area contributed by atoms with Crippen molar-refractivity contribution in [1.82, 2.24) is 14.9 Å². The molecule has 2 atom stereocenters. The minimum Gasteiger partial charge on any atom is -0.381 e. The second kappa shape index (κ2) is 8.10. The molecule has 3 rings (SSSR count). The summed E-state index contributed by atoms with van der Waals surface area (Å²) in [5.41, 5.74) is 0.521. The van der Waals surface area contributed by atoms with Crippen LogP contribution < -0.4 is 10.9 Å². The smallest absolute Gasteiger partial charge is 0.261 e. The first kappa shape index (κ1) is 18.1. The Labute approximate surface area is 154 Å². The van der Waals surface area contributed by atoms with Gasteiger partial charge in [0.05, 0.1) is 23.8 Å². The van der Waals surface area contributed by atoms with E-state index in [2.05, 4.69) is 26.2 Å². The van der Waals surface area contributed by atoms with Gasteiger partial charge in [-0.05, 0) is 38.0 Å². The van der Waals surface area contributed by atoms with Crippen LogP contribution in [0, 0.1) is 5.92 Å². The lowest BCUT2D eigenvalue weighted by Crippen LogP contribution is -2.41. The van der Waals surface area contributed by atoms with E-state index in [4.69, 9.17) is 4.74 Å². The molecule has 134 valence electrons. The molecule has 1 N–H and O–H groups in total. The summed E-state index contributed by atoms with van der Waals surface area (Å²) < 4.78 is 7.79. The van der Waals surface area contributed by atoms with Gasteiger partial charge in [-0.3, -0.25) is 14.2 Å². The van der Waals surface area contributed by atoms with Crippen molar-refractivity contribution in [2.75, 3.05) is 13.2 Å². The summed E-state index contributed by atoms with van der Waals surface area (Å²) >= 11 is 3.37. The monoisotopic (exact) mass is 407 g/mol. The molecular weight excluding hydrogens is 386 g/mol. The van der Waals surface area contributed by atoms with Crippen LogP contribution >= 0.6 is 15.9 Å². The van der Waals surface area contributed by atoms with E-state index >= 15 is 0 Å². The first-order valence-electron chi connectivity index (χ1n) is 8.56. The number of ether oxygens (including phenoxy) is 1. The third-order valence-electron chi connectivity index (χ3n) is 4.66. The Kier molecular flexibility index (Phi) is 5.86. The SMILES string of the molecule is C[C@H](NC(=O)CCn1cnc2ccc(Br)cc2c1=O)[C@@H]1CCCOC1. The number of fused-ring (bicyclic) bond motifs is 1. The molecule has 1 aromatic heterocycles. The quantitative estimate of drug-likeness (QED) is 0.825. The average Bonchev–Trinajstić information content (AvgIpc) is 2.62. The summed E-state index contributed by atoms with van der Waals surface area (Å²) in [6.45, 7) is 3.84. The lowest BCUT2D eigenvalue weighted by atomic mass is 9.95. The molecule has 1 aromatic carbocycles. The zero-order valence-corrected chi connectivity index (χ0v) is 15.8. The lowest BCUT2D eigenvalue weighted by molar-refractivity contribution is -0.122. The third kappa shape index (κ3) is 4.46. The van der Waals surface area contributed by atoms with E-state index in [1.165, 1.54) is 10.9 Å². The van der Waals surface area contributed by atoms with E-state index in [1.807, 2.05) is 13.0 Å². The maximum atomic E-state index is 12.5. The van der Waals surface area contributed by atoms with Crippen LogP contribution in [0.25, 0.3) is 10.9 Å². The van der Waals surface area contributed by atoms with Crippen molar-refractivity contribution in [3.8, 4) is 0 Å². The fraction of sp³-hybridized carbons (Fsp3) is 0.500. The molecule has 7 heteroatoms. The molecular formula is C18H22BrN3O3. The van der Waals surface area contributed by atoms with Crippen molar-refractivity contribution in [3.05, 3.63) is 39.4 Å². The van der Waals surface area contributed by atoms with Gasteiger partial charge in [0.2, 0.25) is 5.91 Å². The predicted molar refractivity (Wildman–Crippen MR) is 99.5 cm³/mol. The Morgan fingerprint density at radius 2 is 2.36 bits per heavy atom. The van der Waals surface area contributed by atoms with E-state index in [0.717, 1.165) is 23.9 Å². The van der Waals surface area contributed by atoms with Crippen LogP contribution in [0.15, 0.2) is 33.8 Å². The molecule has 25 heavy (non-hydrogen) atoms. The van der Waals surface area contributed by atoms with Gasteiger partial charge >= 0.3 is 0 Å². The van der Waals surface area contributed by atoms with Crippen molar-refractivity contribution >= 4 is 32.7 Å². The highest BCUT2D eigenvalue weighted by Crippen LogP contribution is 2.17. The first-order valence-corrected chi connectivity index (χ1v) is 9.35. The van der Waals surface area contributed by atoms with E-state index in [1.54, 1.807) is 12.1 Å². The van der Waals surface area contributed by atoms with Crippen molar-refractivity contribution in [3.63, 3.8) is 0 Å². The Morgan fingerprint density at radius 1 is 1.52 bits per heavy atom. The molecule has 6 nitrogen and oxygen atoms in total.